The highest BCUT2D eigenvalue weighted by molar-refractivity contribution is 6.32. The third-order valence-corrected chi connectivity index (χ3v) is 5.44. The molecule has 0 heterocycles. The van der Waals surface area contributed by atoms with Crippen LogP contribution in [0.15, 0.2) is 72.3 Å². The standard InChI is InChI=1S/C27H23ClN2O5/c1-17(20-6-4-3-5-7-20)30-26(31)22(15-29)12-19-13-23(28)25(24(14-19)34-2)35-16-18-8-10-21(11-9-18)27(32)33/h3-14,17H,16H2,1-2H3,(H,30,31)(H,32,33)/b22-12-/t17-/m0/s1. The molecule has 0 bridgehead atoms. The summed E-state index contributed by atoms with van der Waals surface area (Å²) in [5.41, 5.74) is 2.24. The first-order valence-electron chi connectivity index (χ1n) is 10.6. The molecular formula is C27H23ClN2O5. The molecule has 3 aromatic rings. The molecule has 35 heavy (non-hydrogen) atoms. The van der Waals surface area contributed by atoms with Gasteiger partial charge in [-0.2, -0.15) is 5.26 Å². The Morgan fingerprint density at radius 3 is 2.43 bits per heavy atom. The third kappa shape index (κ3) is 6.62. The van der Waals surface area contributed by atoms with Crippen LogP contribution in [0.5, 0.6) is 11.5 Å². The van der Waals surface area contributed by atoms with Gasteiger partial charge in [-0.25, -0.2) is 4.79 Å². The number of amides is 1. The molecule has 0 saturated heterocycles. The van der Waals surface area contributed by atoms with Crippen molar-refractivity contribution in [2.45, 2.75) is 19.6 Å². The second kappa shape index (κ2) is 11.7. The first-order valence-corrected chi connectivity index (χ1v) is 11.0. The molecule has 7 nitrogen and oxygen atoms in total. The molecule has 0 aliphatic carbocycles. The molecule has 0 radical (unpaired) electrons. The van der Waals surface area contributed by atoms with Crippen LogP contribution in [0, 0.1) is 11.3 Å². The number of nitrogens with zero attached hydrogens (tertiary/aromatic N) is 1. The number of carbonyl (C=O) groups excluding carboxylic acids is 1. The highest BCUT2D eigenvalue weighted by Crippen LogP contribution is 2.37. The monoisotopic (exact) mass is 490 g/mol. The van der Waals surface area contributed by atoms with Gasteiger partial charge in [-0.05, 0) is 54.0 Å². The summed E-state index contributed by atoms with van der Waals surface area (Å²) in [4.78, 5) is 23.7. The molecule has 8 heteroatoms. The van der Waals surface area contributed by atoms with Crippen LogP contribution in [0.4, 0.5) is 0 Å². The number of rotatable bonds is 9. The van der Waals surface area contributed by atoms with E-state index >= 15 is 0 Å². The van der Waals surface area contributed by atoms with Crippen molar-refractivity contribution in [1.29, 1.82) is 5.26 Å². The third-order valence-electron chi connectivity index (χ3n) is 5.16. The Bertz CT molecular complexity index is 1280. The number of carboxylic acids is 1. The molecule has 0 fully saturated rings. The van der Waals surface area contributed by atoms with E-state index in [0.717, 1.165) is 11.1 Å². The van der Waals surface area contributed by atoms with Crippen molar-refractivity contribution in [3.8, 4) is 17.6 Å². The van der Waals surface area contributed by atoms with E-state index in [0.29, 0.717) is 11.3 Å². The van der Waals surface area contributed by atoms with Gasteiger partial charge in [0.2, 0.25) is 0 Å². The Balaban J connectivity index is 1.77. The SMILES string of the molecule is COc1cc(/C=C(/C#N)C(=O)N[C@@H](C)c2ccccc2)cc(Cl)c1OCc1ccc(C(=O)O)cc1. The minimum Gasteiger partial charge on any atom is -0.493 e. The van der Waals surface area contributed by atoms with Crippen molar-refractivity contribution in [3.63, 3.8) is 0 Å². The fraction of sp³-hybridized carbons (Fsp3) is 0.148. The Morgan fingerprint density at radius 1 is 1.14 bits per heavy atom. The molecular weight excluding hydrogens is 468 g/mol. The van der Waals surface area contributed by atoms with E-state index in [9.17, 15) is 14.9 Å². The van der Waals surface area contributed by atoms with Crippen molar-refractivity contribution in [2.75, 3.05) is 7.11 Å². The average molecular weight is 491 g/mol. The lowest BCUT2D eigenvalue weighted by Crippen LogP contribution is -2.27. The van der Waals surface area contributed by atoms with E-state index in [2.05, 4.69) is 5.32 Å². The number of ether oxygens (including phenoxy) is 2. The van der Waals surface area contributed by atoms with Crippen LogP contribution in [0.2, 0.25) is 5.02 Å². The van der Waals surface area contributed by atoms with Gasteiger partial charge in [0.05, 0.1) is 23.7 Å². The number of methoxy groups -OCH3 is 1. The van der Waals surface area contributed by atoms with Crippen molar-refractivity contribution in [2.24, 2.45) is 0 Å². The Morgan fingerprint density at radius 2 is 1.83 bits per heavy atom. The summed E-state index contributed by atoms with van der Waals surface area (Å²) in [7, 11) is 1.45. The zero-order valence-electron chi connectivity index (χ0n) is 19.1. The van der Waals surface area contributed by atoms with E-state index in [1.54, 1.807) is 24.3 Å². The van der Waals surface area contributed by atoms with Crippen LogP contribution in [-0.2, 0) is 11.4 Å². The Hall–Kier alpha value is -4.28. The van der Waals surface area contributed by atoms with E-state index < -0.39 is 11.9 Å². The minimum absolute atomic E-state index is 0.0851. The van der Waals surface area contributed by atoms with E-state index in [1.807, 2.05) is 43.3 Å². The second-order valence-corrected chi connectivity index (χ2v) is 8.01. The first kappa shape index (κ1) is 25.3. The van der Waals surface area contributed by atoms with Crippen molar-refractivity contribution in [1.82, 2.24) is 5.32 Å². The molecule has 1 atom stereocenters. The number of nitrogens with one attached hydrogen (secondary N) is 1. The molecule has 178 valence electrons. The van der Waals surface area contributed by atoms with Gasteiger partial charge in [0.25, 0.3) is 5.91 Å². The lowest BCUT2D eigenvalue weighted by molar-refractivity contribution is -0.117. The van der Waals surface area contributed by atoms with Crippen LogP contribution in [0.3, 0.4) is 0 Å². The maximum absolute atomic E-state index is 12.7. The second-order valence-electron chi connectivity index (χ2n) is 7.60. The van der Waals surface area contributed by atoms with Gasteiger partial charge in [0.1, 0.15) is 18.2 Å². The molecule has 3 rings (SSSR count). The van der Waals surface area contributed by atoms with Gasteiger partial charge in [0, 0.05) is 0 Å². The number of halogens is 1. The highest BCUT2D eigenvalue weighted by atomic mass is 35.5. The average Bonchev–Trinajstić information content (AvgIpc) is 2.86. The van der Waals surface area contributed by atoms with Gasteiger partial charge >= 0.3 is 5.97 Å². The van der Waals surface area contributed by atoms with Gasteiger partial charge < -0.3 is 19.9 Å². The predicted octanol–water partition coefficient (Wildman–Crippen LogP) is 5.41. The summed E-state index contributed by atoms with van der Waals surface area (Å²) in [5.74, 6) is -0.912. The molecule has 0 spiro atoms. The number of benzene rings is 3. The molecule has 1 amide bonds. The largest absolute Gasteiger partial charge is 0.493 e. The molecule has 0 aromatic heterocycles. The number of carbonyl (C=O) groups is 2. The molecule has 0 saturated carbocycles. The number of nitriles is 1. The van der Waals surface area contributed by atoms with Crippen LogP contribution < -0.4 is 14.8 Å². The maximum Gasteiger partial charge on any atom is 0.335 e. The molecule has 3 aromatic carbocycles. The van der Waals surface area contributed by atoms with Gasteiger partial charge in [-0.3, -0.25) is 4.79 Å². The molecule has 2 N–H and O–H groups in total. The van der Waals surface area contributed by atoms with E-state index in [-0.39, 0.29) is 34.6 Å². The molecule has 0 aliphatic rings. The molecule has 0 unspecified atom stereocenters. The fourth-order valence-electron chi connectivity index (χ4n) is 3.28. The normalized spacial score (nSPS) is 11.8. The lowest BCUT2D eigenvalue weighted by atomic mass is 10.1. The number of hydrogen-bond acceptors (Lipinski definition) is 5. The zero-order valence-corrected chi connectivity index (χ0v) is 19.9. The fourth-order valence-corrected chi connectivity index (χ4v) is 3.55. The highest BCUT2D eigenvalue weighted by Gasteiger charge is 2.16. The predicted molar refractivity (Wildman–Crippen MR) is 132 cm³/mol. The van der Waals surface area contributed by atoms with E-state index in [1.165, 1.54) is 25.3 Å². The van der Waals surface area contributed by atoms with Crippen LogP contribution in [0.1, 0.15) is 40.0 Å². The van der Waals surface area contributed by atoms with Gasteiger partial charge in [0.15, 0.2) is 11.5 Å². The quantitative estimate of drug-likeness (QED) is 0.306. The Labute approximate surface area is 208 Å². The smallest absolute Gasteiger partial charge is 0.335 e. The summed E-state index contributed by atoms with van der Waals surface area (Å²) >= 11 is 6.42. The topological polar surface area (TPSA) is 109 Å². The summed E-state index contributed by atoms with van der Waals surface area (Å²) < 4.78 is 11.2. The summed E-state index contributed by atoms with van der Waals surface area (Å²) in [6, 6.07) is 20.5. The number of carboxylic acid groups (broad SMARTS) is 1. The summed E-state index contributed by atoms with van der Waals surface area (Å²) in [5, 5.41) is 21.6. The van der Waals surface area contributed by atoms with Crippen LogP contribution >= 0.6 is 11.6 Å². The van der Waals surface area contributed by atoms with E-state index in [4.69, 9.17) is 26.2 Å². The molecule has 0 aliphatic heterocycles. The first-order chi connectivity index (χ1) is 16.8. The van der Waals surface area contributed by atoms with Crippen LogP contribution in [0.25, 0.3) is 6.08 Å². The maximum atomic E-state index is 12.7. The van der Waals surface area contributed by atoms with Crippen molar-refractivity contribution in [3.05, 3.63) is 99.6 Å². The number of hydrogen-bond donors (Lipinski definition) is 2. The summed E-state index contributed by atoms with van der Waals surface area (Å²) in [6.07, 6.45) is 1.43. The van der Waals surface area contributed by atoms with Crippen molar-refractivity contribution >= 4 is 29.6 Å². The van der Waals surface area contributed by atoms with Gasteiger partial charge in [-0.1, -0.05) is 54.1 Å². The van der Waals surface area contributed by atoms with Crippen LogP contribution in [-0.4, -0.2) is 24.1 Å². The summed E-state index contributed by atoms with van der Waals surface area (Å²) in [6.45, 7) is 1.97. The zero-order chi connectivity index (χ0) is 25.4. The Kier molecular flexibility index (Phi) is 8.49. The minimum atomic E-state index is -1.01. The van der Waals surface area contributed by atoms with Gasteiger partial charge in [-0.15, -0.1) is 0 Å². The number of aromatic carboxylic acids is 1. The van der Waals surface area contributed by atoms with Crippen molar-refractivity contribution < 1.29 is 24.2 Å². The lowest BCUT2D eigenvalue weighted by Gasteiger charge is -2.15.